The molecule has 2 heterocycles. The summed E-state index contributed by atoms with van der Waals surface area (Å²) >= 11 is 0. The maximum absolute atomic E-state index is 12.9. The van der Waals surface area contributed by atoms with E-state index in [1.165, 1.54) is 11.1 Å². The molecule has 4 rings (SSSR count). The average Bonchev–Trinajstić information content (AvgIpc) is 3.37. The van der Waals surface area contributed by atoms with E-state index in [4.69, 9.17) is 4.74 Å². The monoisotopic (exact) mass is 365 g/mol. The Morgan fingerprint density at radius 2 is 1.89 bits per heavy atom. The zero-order chi connectivity index (χ0) is 18.6. The summed E-state index contributed by atoms with van der Waals surface area (Å²) in [5.74, 6) is 1.75. The van der Waals surface area contributed by atoms with Gasteiger partial charge < -0.3 is 9.64 Å². The Hall–Kier alpha value is -2.37. The molecule has 2 saturated heterocycles. The summed E-state index contributed by atoms with van der Waals surface area (Å²) in [4.78, 5) is 14.8. The number of rotatable bonds is 6. The van der Waals surface area contributed by atoms with Crippen LogP contribution in [0.4, 0.5) is 5.69 Å². The van der Waals surface area contributed by atoms with E-state index in [2.05, 4.69) is 47.2 Å². The zero-order valence-electron chi connectivity index (χ0n) is 15.8. The van der Waals surface area contributed by atoms with Crippen molar-refractivity contribution in [3.8, 4) is 5.75 Å². The first-order chi connectivity index (χ1) is 13.2. The normalized spacial score (nSPS) is 20.4. The van der Waals surface area contributed by atoms with Gasteiger partial charge in [0.05, 0.1) is 7.11 Å². The first kappa shape index (κ1) is 18.0. The van der Waals surface area contributed by atoms with Crippen molar-refractivity contribution in [3.63, 3.8) is 0 Å². The largest absolute Gasteiger partial charge is 0.497 e. The van der Waals surface area contributed by atoms with Crippen LogP contribution in [0.15, 0.2) is 48.5 Å². The van der Waals surface area contributed by atoms with Crippen LogP contribution in [0.3, 0.4) is 0 Å². The molecule has 0 aromatic heterocycles. The summed E-state index contributed by atoms with van der Waals surface area (Å²) in [6.45, 7) is 2.72. The van der Waals surface area contributed by atoms with E-state index in [0.717, 1.165) is 50.3 Å². The van der Waals surface area contributed by atoms with E-state index >= 15 is 0 Å². The fraction of sp³-hybridized carbons (Fsp3) is 0.409. The summed E-state index contributed by atoms with van der Waals surface area (Å²) in [6, 6.07) is 16.6. The SMILES string of the molecule is COc1cccc(CCC2CCN(c3ccc(C4CNNC4)cc3)C2=O)c1. The third-order valence-electron chi connectivity index (χ3n) is 5.73. The number of carbonyl (C=O) groups excluding carboxylic acids is 1. The number of amides is 1. The lowest BCUT2D eigenvalue weighted by Gasteiger charge is -2.18. The van der Waals surface area contributed by atoms with Gasteiger partial charge in [-0.05, 0) is 54.7 Å². The second kappa shape index (κ2) is 8.11. The number of aryl methyl sites for hydroxylation is 1. The second-order valence-corrected chi connectivity index (χ2v) is 7.42. The zero-order valence-corrected chi connectivity index (χ0v) is 15.8. The van der Waals surface area contributed by atoms with E-state index in [1.807, 2.05) is 17.0 Å². The van der Waals surface area contributed by atoms with E-state index in [1.54, 1.807) is 7.11 Å². The topological polar surface area (TPSA) is 53.6 Å². The number of hydrogen-bond donors (Lipinski definition) is 2. The molecule has 1 unspecified atom stereocenters. The van der Waals surface area contributed by atoms with Gasteiger partial charge in [0.2, 0.25) is 5.91 Å². The van der Waals surface area contributed by atoms with Crippen LogP contribution in [0.5, 0.6) is 5.75 Å². The van der Waals surface area contributed by atoms with Gasteiger partial charge in [0.25, 0.3) is 0 Å². The van der Waals surface area contributed by atoms with Gasteiger partial charge in [0.15, 0.2) is 0 Å². The van der Waals surface area contributed by atoms with E-state index in [-0.39, 0.29) is 11.8 Å². The first-order valence-corrected chi connectivity index (χ1v) is 9.74. The second-order valence-electron chi connectivity index (χ2n) is 7.42. The fourth-order valence-corrected chi connectivity index (χ4v) is 4.06. The standard InChI is InChI=1S/C22H27N3O2/c1-27-21-4-2-3-16(13-21)5-6-18-11-12-25(22(18)26)20-9-7-17(8-10-20)19-14-23-24-15-19/h2-4,7-10,13,18-19,23-24H,5-6,11-12,14-15H2,1H3. The Labute approximate surface area is 160 Å². The maximum Gasteiger partial charge on any atom is 0.230 e. The number of anilines is 1. The number of hydrogen-bond acceptors (Lipinski definition) is 4. The first-order valence-electron chi connectivity index (χ1n) is 9.74. The van der Waals surface area contributed by atoms with Crippen molar-refractivity contribution in [2.75, 3.05) is 31.6 Å². The van der Waals surface area contributed by atoms with Crippen LogP contribution < -0.4 is 20.5 Å². The molecule has 5 nitrogen and oxygen atoms in total. The molecule has 0 spiro atoms. The van der Waals surface area contributed by atoms with Crippen LogP contribution in [0.2, 0.25) is 0 Å². The van der Waals surface area contributed by atoms with Crippen LogP contribution in [0.25, 0.3) is 0 Å². The Kier molecular flexibility index (Phi) is 5.41. The molecule has 1 atom stereocenters. The van der Waals surface area contributed by atoms with Crippen molar-refractivity contribution in [1.82, 2.24) is 10.9 Å². The fourth-order valence-electron chi connectivity index (χ4n) is 4.06. The van der Waals surface area contributed by atoms with Crippen molar-refractivity contribution in [2.24, 2.45) is 5.92 Å². The van der Waals surface area contributed by atoms with Crippen molar-refractivity contribution in [3.05, 3.63) is 59.7 Å². The van der Waals surface area contributed by atoms with Crippen LogP contribution in [0.1, 0.15) is 29.9 Å². The van der Waals surface area contributed by atoms with Gasteiger partial charge in [-0.1, -0.05) is 24.3 Å². The Bertz CT molecular complexity index is 784. The van der Waals surface area contributed by atoms with Crippen molar-refractivity contribution >= 4 is 11.6 Å². The molecule has 0 bridgehead atoms. The molecule has 0 radical (unpaired) electrons. The summed E-state index contributed by atoms with van der Waals surface area (Å²) in [5, 5.41) is 0. The maximum atomic E-state index is 12.9. The summed E-state index contributed by atoms with van der Waals surface area (Å²) < 4.78 is 5.29. The highest BCUT2D eigenvalue weighted by Crippen LogP contribution is 2.29. The number of nitrogens with zero attached hydrogens (tertiary/aromatic N) is 1. The molecule has 2 aromatic carbocycles. The van der Waals surface area contributed by atoms with Gasteiger partial charge in [-0.15, -0.1) is 0 Å². The molecule has 0 aliphatic carbocycles. The van der Waals surface area contributed by atoms with Crippen molar-refractivity contribution in [2.45, 2.75) is 25.2 Å². The van der Waals surface area contributed by atoms with Crippen LogP contribution in [-0.4, -0.2) is 32.7 Å². The molecule has 5 heteroatoms. The lowest BCUT2D eigenvalue weighted by Crippen LogP contribution is -2.27. The van der Waals surface area contributed by atoms with Gasteiger partial charge in [-0.3, -0.25) is 15.6 Å². The summed E-state index contributed by atoms with van der Waals surface area (Å²) in [6.07, 6.45) is 2.73. The predicted molar refractivity (Wildman–Crippen MR) is 107 cm³/mol. The third kappa shape index (κ3) is 3.99. The van der Waals surface area contributed by atoms with Gasteiger partial charge in [0.1, 0.15) is 5.75 Å². The number of benzene rings is 2. The van der Waals surface area contributed by atoms with Crippen LogP contribution in [0, 0.1) is 5.92 Å². The van der Waals surface area contributed by atoms with Crippen LogP contribution in [-0.2, 0) is 11.2 Å². The summed E-state index contributed by atoms with van der Waals surface area (Å²) in [5.41, 5.74) is 9.89. The van der Waals surface area contributed by atoms with Crippen molar-refractivity contribution < 1.29 is 9.53 Å². The van der Waals surface area contributed by atoms with E-state index < -0.39 is 0 Å². The van der Waals surface area contributed by atoms with Crippen molar-refractivity contribution in [1.29, 1.82) is 0 Å². The van der Waals surface area contributed by atoms with Gasteiger partial charge in [0, 0.05) is 37.2 Å². The molecule has 2 N–H and O–H groups in total. The van der Waals surface area contributed by atoms with Gasteiger partial charge >= 0.3 is 0 Å². The molecule has 2 fully saturated rings. The molecule has 1 amide bonds. The molecule has 2 aromatic rings. The highest BCUT2D eigenvalue weighted by molar-refractivity contribution is 5.97. The molecule has 27 heavy (non-hydrogen) atoms. The smallest absolute Gasteiger partial charge is 0.230 e. The average molecular weight is 365 g/mol. The van der Waals surface area contributed by atoms with E-state index in [9.17, 15) is 4.79 Å². The molecular formula is C22H27N3O2. The minimum Gasteiger partial charge on any atom is -0.497 e. The highest BCUT2D eigenvalue weighted by atomic mass is 16.5. The number of hydrazine groups is 1. The molecule has 2 aliphatic heterocycles. The minimum atomic E-state index is 0.110. The van der Waals surface area contributed by atoms with E-state index in [0.29, 0.717) is 5.92 Å². The quantitative estimate of drug-likeness (QED) is 0.827. The third-order valence-corrected chi connectivity index (χ3v) is 5.73. The Balaban J connectivity index is 1.36. The predicted octanol–water partition coefficient (Wildman–Crippen LogP) is 2.87. The van der Waals surface area contributed by atoms with Gasteiger partial charge in [-0.25, -0.2) is 0 Å². The lowest BCUT2D eigenvalue weighted by atomic mass is 9.98. The highest BCUT2D eigenvalue weighted by Gasteiger charge is 2.32. The molecular weight excluding hydrogens is 338 g/mol. The number of methoxy groups -OCH3 is 1. The lowest BCUT2D eigenvalue weighted by molar-refractivity contribution is -0.120. The van der Waals surface area contributed by atoms with Crippen LogP contribution >= 0.6 is 0 Å². The summed E-state index contributed by atoms with van der Waals surface area (Å²) in [7, 11) is 1.68. The number of nitrogens with one attached hydrogen (secondary N) is 2. The number of ether oxygens (including phenoxy) is 1. The Morgan fingerprint density at radius 1 is 1.11 bits per heavy atom. The number of carbonyl (C=O) groups is 1. The molecule has 0 saturated carbocycles. The minimum absolute atomic E-state index is 0.110. The van der Waals surface area contributed by atoms with Gasteiger partial charge in [-0.2, -0.15) is 0 Å². The Morgan fingerprint density at radius 3 is 2.63 bits per heavy atom. The molecule has 2 aliphatic rings. The molecule has 142 valence electrons.